The summed E-state index contributed by atoms with van der Waals surface area (Å²) >= 11 is 6.44. The van der Waals surface area contributed by atoms with E-state index in [1.165, 1.54) is 12.7 Å². The smallest absolute Gasteiger partial charge is 0.286 e. The molecule has 2 N–H and O–H groups in total. The predicted molar refractivity (Wildman–Crippen MR) is 117 cm³/mol. The molecule has 162 valence electrons. The summed E-state index contributed by atoms with van der Waals surface area (Å²) in [5, 5.41) is 14.9. The molecular weight excluding hydrogens is 418 g/mol. The van der Waals surface area contributed by atoms with Gasteiger partial charge in [-0.3, -0.25) is 9.59 Å². The van der Waals surface area contributed by atoms with Gasteiger partial charge in [-0.1, -0.05) is 18.0 Å². The molecule has 3 heterocycles. The molecule has 9 heteroatoms. The lowest BCUT2D eigenvalue weighted by Gasteiger charge is -2.11. The second kappa shape index (κ2) is 9.78. The number of hydrogen-bond acceptors (Lipinski definition) is 5. The molecule has 0 saturated heterocycles. The van der Waals surface area contributed by atoms with Crippen LogP contribution in [0.15, 0.2) is 41.0 Å². The van der Waals surface area contributed by atoms with Crippen LogP contribution in [-0.2, 0) is 17.8 Å². The highest BCUT2D eigenvalue weighted by Crippen LogP contribution is 2.31. The number of anilines is 1. The van der Waals surface area contributed by atoms with Gasteiger partial charge in [0.2, 0.25) is 5.91 Å². The fourth-order valence-corrected chi connectivity index (χ4v) is 3.83. The molecule has 1 aromatic carbocycles. The van der Waals surface area contributed by atoms with Gasteiger partial charge in [-0.15, -0.1) is 10.2 Å². The molecular formula is C22H24ClN5O3. The summed E-state index contributed by atoms with van der Waals surface area (Å²) in [7, 11) is 0. The van der Waals surface area contributed by atoms with Gasteiger partial charge in [0.05, 0.1) is 11.3 Å². The Morgan fingerprint density at radius 1 is 1.16 bits per heavy atom. The van der Waals surface area contributed by atoms with Crippen LogP contribution < -0.4 is 10.6 Å². The monoisotopic (exact) mass is 441 g/mol. The molecule has 31 heavy (non-hydrogen) atoms. The van der Waals surface area contributed by atoms with Crippen molar-refractivity contribution in [2.45, 2.75) is 45.1 Å². The average molecular weight is 442 g/mol. The first-order valence-electron chi connectivity index (χ1n) is 10.5. The van der Waals surface area contributed by atoms with Gasteiger partial charge in [-0.05, 0) is 49.6 Å². The van der Waals surface area contributed by atoms with E-state index in [0.717, 1.165) is 43.0 Å². The van der Waals surface area contributed by atoms with Gasteiger partial charge >= 0.3 is 0 Å². The van der Waals surface area contributed by atoms with E-state index in [2.05, 4.69) is 25.4 Å². The number of nitrogens with one attached hydrogen (secondary N) is 2. The molecule has 0 unspecified atom stereocenters. The van der Waals surface area contributed by atoms with E-state index in [-0.39, 0.29) is 24.0 Å². The minimum Gasteiger partial charge on any atom is -0.459 e. The fraction of sp³-hybridized carbons (Fsp3) is 0.364. The van der Waals surface area contributed by atoms with Crippen LogP contribution in [0, 0.1) is 0 Å². The van der Waals surface area contributed by atoms with Gasteiger partial charge in [0.25, 0.3) is 5.91 Å². The first-order valence-corrected chi connectivity index (χ1v) is 10.8. The molecule has 0 aliphatic carbocycles. The van der Waals surface area contributed by atoms with Gasteiger partial charge in [0.1, 0.15) is 5.82 Å². The summed E-state index contributed by atoms with van der Waals surface area (Å²) in [5.74, 6) is 1.54. The molecule has 0 radical (unpaired) electrons. The van der Waals surface area contributed by atoms with E-state index < -0.39 is 0 Å². The molecule has 8 nitrogen and oxygen atoms in total. The number of halogens is 1. The maximum atomic E-state index is 12.3. The second-order valence-corrected chi connectivity index (χ2v) is 7.89. The Morgan fingerprint density at radius 3 is 2.90 bits per heavy atom. The van der Waals surface area contributed by atoms with Crippen LogP contribution in [0.1, 0.15) is 48.5 Å². The molecule has 2 amide bonds. The van der Waals surface area contributed by atoms with Crippen molar-refractivity contribution in [2.75, 3.05) is 11.9 Å². The zero-order valence-corrected chi connectivity index (χ0v) is 17.8. The highest BCUT2D eigenvalue weighted by Gasteiger charge is 2.18. The Kier molecular flexibility index (Phi) is 6.66. The standard InChI is InChI=1S/C22H24ClN5O3/c23-17-10-9-15(14-16(17)21-27-26-19-7-2-1-3-12-28(19)21)25-20(29)8-4-11-24-22(30)18-6-5-13-31-18/h5-6,9-10,13-14H,1-4,7-8,11-12H2,(H,24,30)(H,25,29). The number of rotatable bonds is 7. The number of furan rings is 1. The third-order valence-corrected chi connectivity index (χ3v) is 5.54. The van der Waals surface area contributed by atoms with Crippen molar-refractivity contribution < 1.29 is 14.0 Å². The van der Waals surface area contributed by atoms with E-state index in [1.807, 2.05) is 6.07 Å². The summed E-state index contributed by atoms with van der Waals surface area (Å²) in [4.78, 5) is 24.2. The van der Waals surface area contributed by atoms with Crippen molar-refractivity contribution in [3.05, 3.63) is 53.2 Å². The fourth-order valence-electron chi connectivity index (χ4n) is 3.63. The van der Waals surface area contributed by atoms with Gasteiger partial charge in [0.15, 0.2) is 11.6 Å². The van der Waals surface area contributed by atoms with Crippen molar-refractivity contribution in [1.82, 2.24) is 20.1 Å². The minimum atomic E-state index is -0.291. The van der Waals surface area contributed by atoms with Gasteiger partial charge < -0.3 is 19.6 Å². The molecule has 3 aromatic rings. The van der Waals surface area contributed by atoms with Crippen LogP contribution in [0.2, 0.25) is 5.02 Å². The lowest BCUT2D eigenvalue weighted by atomic mass is 10.1. The molecule has 1 aliphatic heterocycles. The highest BCUT2D eigenvalue weighted by atomic mass is 35.5. The van der Waals surface area contributed by atoms with Gasteiger partial charge in [-0.25, -0.2) is 0 Å². The number of aryl methyl sites for hydroxylation is 1. The summed E-state index contributed by atoms with van der Waals surface area (Å²) in [6.07, 6.45) is 6.52. The average Bonchev–Trinajstić information content (AvgIpc) is 3.38. The molecule has 0 fully saturated rings. The van der Waals surface area contributed by atoms with Gasteiger partial charge in [-0.2, -0.15) is 0 Å². The van der Waals surface area contributed by atoms with E-state index in [4.69, 9.17) is 16.0 Å². The van der Waals surface area contributed by atoms with Crippen LogP contribution in [0.3, 0.4) is 0 Å². The van der Waals surface area contributed by atoms with Crippen LogP contribution in [0.4, 0.5) is 5.69 Å². The van der Waals surface area contributed by atoms with E-state index in [1.54, 1.807) is 24.3 Å². The highest BCUT2D eigenvalue weighted by molar-refractivity contribution is 6.33. The van der Waals surface area contributed by atoms with Crippen molar-refractivity contribution in [3.63, 3.8) is 0 Å². The molecule has 2 aromatic heterocycles. The van der Waals surface area contributed by atoms with Crippen molar-refractivity contribution in [1.29, 1.82) is 0 Å². The maximum Gasteiger partial charge on any atom is 0.286 e. The summed E-state index contributed by atoms with van der Waals surface area (Å²) in [6, 6.07) is 8.60. The number of benzene rings is 1. The number of carbonyl (C=O) groups excluding carboxylic acids is 2. The lowest BCUT2D eigenvalue weighted by molar-refractivity contribution is -0.116. The SMILES string of the molecule is O=C(CCCNC(=O)c1ccco1)Nc1ccc(Cl)c(-c2nnc3n2CCCCC3)c1. The van der Waals surface area contributed by atoms with Crippen molar-refractivity contribution >= 4 is 29.1 Å². The number of fused-ring (bicyclic) bond motifs is 1. The van der Waals surface area contributed by atoms with Crippen LogP contribution >= 0.6 is 11.6 Å². The van der Waals surface area contributed by atoms with E-state index >= 15 is 0 Å². The minimum absolute atomic E-state index is 0.138. The molecule has 4 rings (SSSR count). The summed E-state index contributed by atoms with van der Waals surface area (Å²) < 4.78 is 7.16. The number of nitrogens with zero attached hydrogens (tertiary/aromatic N) is 3. The second-order valence-electron chi connectivity index (χ2n) is 7.48. The number of hydrogen-bond donors (Lipinski definition) is 2. The first kappa shape index (κ1) is 21.1. The maximum absolute atomic E-state index is 12.3. The predicted octanol–water partition coefficient (Wildman–Crippen LogP) is 4.07. The Hall–Kier alpha value is -3.13. The number of aromatic nitrogens is 3. The number of carbonyl (C=O) groups is 2. The quantitative estimate of drug-likeness (QED) is 0.538. The Morgan fingerprint density at radius 2 is 2.06 bits per heavy atom. The number of amides is 2. The van der Waals surface area contributed by atoms with Crippen LogP contribution in [0.25, 0.3) is 11.4 Å². The van der Waals surface area contributed by atoms with Crippen molar-refractivity contribution in [2.24, 2.45) is 0 Å². The summed E-state index contributed by atoms with van der Waals surface area (Å²) in [6.45, 7) is 1.25. The normalized spacial score (nSPS) is 13.3. The van der Waals surface area contributed by atoms with Crippen LogP contribution in [0.5, 0.6) is 0 Å². The zero-order valence-electron chi connectivity index (χ0n) is 17.1. The van der Waals surface area contributed by atoms with Crippen molar-refractivity contribution in [3.8, 4) is 11.4 Å². The van der Waals surface area contributed by atoms with E-state index in [9.17, 15) is 9.59 Å². The third kappa shape index (κ3) is 5.14. The Labute approximate surface area is 185 Å². The zero-order chi connectivity index (χ0) is 21.6. The topological polar surface area (TPSA) is 102 Å². The van der Waals surface area contributed by atoms with Crippen LogP contribution in [-0.4, -0.2) is 33.1 Å². The molecule has 0 atom stereocenters. The first-order chi connectivity index (χ1) is 15.1. The third-order valence-electron chi connectivity index (χ3n) is 5.21. The summed E-state index contributed by atoms with van der Waals surface area (Å²) in [5.41, 5.74) is 1.40. The molecule has 0 saturated carbocycles. The largest absolute Gasteiger partial charge is 0.459 e. The Balaban J connectivity index is 1.35. The van der Waals surface area contributed by atoms with E-state index in [0.29, 0.717) is 23.7 Å². The molecule has 0 spiro atoms. The molecule has 1 aliphatic rings. The Bertz CT molecular complexity index is 1060. The van der Waals surface area contributed by atoms with Gasteiger partial charge in [0, 0.05) is 37.2 Å². The lowest BCUT2D eigenvalue weighted by Crippen LogP contribution is -2.25. The molecule has 0 bridgehead atoms.